The van der Waals surface area contributed by atoms with Crippen molar-refractivity contribution in [3.8, 4) is 5.69 Å². The van der Waals surface area contributed by atoms with Gasteiger partial charge in [-0.15, -0.1) is 0 Å². The van der Waals surface area contributed by atoms with E-state index < -0.39 is 0 Å². The zero-order valence-electron chi connectivity index (χ0n) is 14.6. The molecule has 1 amide bonds. The lowest BCUT2D eigenvalue weighted by molar-refractivity contribution is -0.00925. The summed E-state index contributed by atoms with van der Waals surface area (Å²) in [6.45, 7) is 8.07. The molecule has 134 valence electrons. The minimum Gasteiger partial charge on any atom is -0.379 e. The first-order chi connectivity index (χ1) is 12.0. The van der Waals surface area contributed by atoms with E-state index in [0.29, 0.717) is 17.0 Å². The van der Waals surface area contributed by atoms with Crippen LogP contribution in [0.5, 0.6) is 0 Å². The maximum atomic E-state index is 12.7. The molecule has 1 aliphatic heterocycles. The molecule has 1 saturated heterocycles. The SMILES string of the molecule is CC(C)(CNC(=O)c1c[nH]c(=S)n1-c1ccccc1)N1CCOCC1. The number of ether oxygens (including phenoxy) is 1. The van der Waals surface area contributed by atoms with Crippen molar-refractivity contribution < 1.29 is 9.53 Å². The number of para-hydroxylation sites is 1. The van der Waals surface area contributed by atoms with Crippen LogP contribution in [0.4, 0.5) is 0 Å². The monoisotopic (exact) mass is 360 g/mol. The van der Waals surface area contributed by atoms with E-state index in [4.69, 9.17) is 17.0 Å². The Hall–Kier alpha value is -1.96. The molecule has 1 aromatic heterocycles. The molecule has 2 heterocycles. The van der Waals surface area contributed by atoms with Crippen LogP contribution in [0.15, 0.2) is 36.5 Å². The van der Waals surface area contributed by atoms with Crippen molar-refractivity contribution >= 4 is 18.1 Å². The number of morpholine rings is 1. The smallest absolute Gasteiger partial charge is 0.269 e. The van der Waals surface area contributed by atoms with E-state index in [-0.39, 0.29) is 11.4 Å². The van der Waals surface area contributed by atoms with Crippen LogP contribution in [0.2, 0.25) is 0 Å². The van der Waals surface area contributed by atoms with Gasteiger partial charge in [0.05, 0.1) is 13.2 Å². The molecular formula is C18H24N4O2S. The number of hydrogen-bond acceptors (Lipinski definition) is 4. The highest BCUT2D eigenvalue weighted by molar-refractivity contribution is 7.71. The lowest BCUT2D eigenvalue weighted by Gasteiger charge is -2.40. The summed E-state index contributed by atoms with van der Waals surface area (Å²) in [6.07, 6.45) is 1.66. The third-order valence-electron chi connectivity index (χ3n) is 4.57. The predicted molar refractivity (Wildman–Crippen MR) is 99.8 cm³/mol. The Morgan fingerprint density at radius 1 is 1.28 bits per heavy atom. The first-order valence-electron chi connectivity index (χ1n) is 8.46. The zero-order chi connectivity index (χ0) is 17.9. The Balaban J connectivity index is 1.73. The van der Waals surface area contributed by atoms with E-state index in [2.05, 4.69) is 29.0 Å². The van der Waals surface area contributed by atoms with Gasteiger partial charge in [-0.1, -0.05) is 18.2 Å². The Labute approximate surface area is 152 Å². The first-order valence-corrected chi connectivity index (χ1v) is 8.87. The topological polar surface area (TPSA) is 62.3 Å². The summed E-state index contributed by atoms with van der Waals surface area (Å²) in [5.74, 6) is -0.141. The van der Waals surface area contributed by atoms with Crippen molar-refractivity contribution in [2.75, 3.05) is 32.8 Å². The van der Waals surface area contributed by atoms with E-state index in [1.807, 2.05) is 30.3 Å². The fourth-order valence-corrected chi connectivity index (χ4v) is 3.30. The van der Waals surface area contributed by atoms with Crippen molar-refractivity contribution in [2.24, 2.45) is 0 Å². The number of H-pyrrole nitrogens is 1. The summed E-state index contributed by atoms with van der Waals surface area (Å²) in [6, 6.07) is 9.64. The summed E-state index contributed by atoms with van der Waals surface area (Å²) in [4.78, 5) is 18.1. The third-order valence-corrected chi connectivity index (χ3v) is 4.87. The number of amides is 1. The van der Waals surface area contributed by atoms with Gasteiger partial charge >= 0.3 is 0 Å². The van der Waals surface area contributed by atoms with Crippen LogP contribution in [0.3, 0.4) is 0 Å². The minimum absolute atomic E-state index is 0.135. The van der Waals surface area contributed by atoms with Gasteiger partial charge in [0.1, 0.15) is 5.69 Å². The van der Waals surface area contributed by atoms with Crippen molar-refractivity contribution in [2.45, 2.75) is 19.4 Å². The van der Waals surface area contributed by atoms with E-state index in [1.54, 1.807) is 10.8 Å². The van der Waals surface area contributed by atoms with E-state index in [9.17, 15) is 4.79 Å². The maximum Gasteiger partial charge on any atom is 0.269 e. The lowest BCUT2D eigenvalue weighted by Crippen LogP contribution is -2.55. The molecular weight excluding hydrogens is 336 g/mol. The number of benzene rings is 1. The maximum absolute atomic E-state index is 12.7. The number of aromatic amines is 1. The van der Waals surface area contributed by atoms with Gasteiger partial charge in [0.25, 0.3) is 5.91 Å². The highest BCUT2D eigenvalue weighted by atomic mass is 32.1. The van der Waals surface area contributed by atoms with Gasteiger partial charge < -0.3 is 15.0 Å². The number of nitrogens with zero attached hydrogens (tertiary/aromatic N) is 2. The molecule has 1 aliphatic rings. The summed E-state index contributed by atoms with van der Waals surface area (Å²) < 4.78 is 7.67. The molecule has 0 atom stereocenters. The molecule has 2 aromatic rings. The molecule has 0 unspecified atom stereocenters. The van der Waals surface area contributed by atoms with Crippen LogP contribution in [-0.2, 0) is 4.74 Å². The predicted octanol–water partition coefficient (Wildman–Crippen LogP) is 2.38. The average Bonchev–Trinajstić information content (AvgIpc) is 3.03. The zero-order valence-corrected chi connectivity index (χ0v) is 15.4. The highest BCUT2D eigenvalue weighted by Crippen LogP contribution is 2.16. The van der Waals surface area contributed by atoms with E-state index in [1.165, 1.54) is 0 Å². The average molecular weight is 360 g/mol. The molecule has 1 aromatic carbocycles. The van der Waals surface area contributed by atoms with Gasteiger partial charge in [-0.05, 0) is 38.2 Å². The van der Waals surface area contributed by atoms with Crippen LogP contribution in [-0.4, -0.2) is 58.7 Å². The van der Waals surface area contributed by atoms with Gasteiger partial charge in [-0.3, -0.25) is 14.3 Å². The minimum atomic E-state index is -0.141. The van der Waals surface area contributed by atoms with Crippen LogP contribution in [0, 0.1) is 4.77 Å². The summed E-state index contributed by atoms with van der Waals surface area (Å²) in [5.41, 5.74) is 1.24. The number of rotatable bonds is 5. The normalized spacial score (nSPS) is 15.9. The summed E-state index contributed by atoms with van der Waals surface area (Å²) in [5, 5.41) is 3.05. The van der Waals surface area contributed by atoms with Crippen LogP contribution in [0.1, 0.15) is 24.3 Å². The Kier molecular flexibility index (Phi) is 5.36. The van der Waals surface area contributed by atoms with Crippen molar-refractivity contribution in [1.82, 2.24) is 19.8 Å². The second kappa shape index (κ2) is 7.51. The molecule has 7 heteroatoms. The molecule has 0 saturated carbocycles. The van der Waals surface area contributed by atoms with E-state index in [0.717, 1.165) is 32.0 Å². The third kappa shape index (κ3) is 4.00. The van der Waals surface area contributed by atoms with Crippen molar-refractivity contribution in [1.29, 1.82) is 0 Å². The molecule has 0 aliphatic carbocycles. The molecule has 2 N–H and O–H groups in total. The molecule has 25 heavy (non-hydrogen) atoms. The van der Waals surface area contributed by atoms with Gasteiger partial charge in [0.2, 0.25) is 0 Å². The molecule has 0 bridgehead atoms. The van der Waals surface area contributed by atoms with Gasteiger partial charge in [0, 0.05) is 37.1 Å². The Morgan fingerprint density at radius 2 is 1.96 bits per heavy atom. The largest absolute Gasteiger partial charge is 0.379 e. The fourth-order valence-electron chi connectivity index (χ4n) is 3.04. The Bertz CT molecular complexity index is 776. The molecule has 1 fully saturated rings. The second-order valence-corrected chi connectivity index (χ2v) is 7.13. The van der Waals surface area contributed by atoms with Gasteiger partial charge in [-0.25, -0.2) is 0 Å². The van der Waals surface area contributed by atoms with Crippen molar-refractivity contribution in [3.63, 3.8) is 0 Å². The quantitative estimate of drug-likeness (QED) is 0.804. The summed E-state index contributed by atoms with van der Waals surface area (Å²) in [7, 11) is 0. The number of imidazole rings is 1. The molecule has 0 radical (unpaired) electrons. The highest BCUT2D eigenvalue weighted by Gasteiger charge is 2.29. The van der Waals surface area contributed by atoms with Gasteiger partial charge in [-0.2, -0.15) is 0 Å². The van der Waals surface area contributed by atoms with Crippen LogP contribution < -0.4 is 5.32 Å². The number of carbonyl (C=O) groups is 1. The van der Waals surface area contributed by atoms with Crippen LogP contribution >= 0.6 is 12.2 Å². The fraction of sp³-hybridized carbons (Fsp3) is 0.444. The number of aromatic nitrogens is 2. The summed E-state index contributed by atoms with van der Waals surface area (Å²) >= 11 is 5.34. The van der Waals surface area contributed by atoms with Crippen molar-refractivity contribution in [3.05, 3.63) is 47.0 Å². The molecule has 6 nitrogen and oxygen atoms in total. The molecule has 0 spiro atoms. The van der Waals surface area contributed by atoms with Crippen LogP contribution in [0.25, 0.3) is 5.69 Å². The second-order valence-electron chi connectivity index (χ2n) is 6.74. The first kappa shape index (κ1) is 17.8. The number of nitrogens with one attached hydrogen (secondary N) is 2. The molecule has 3 rings (SSSR count). The number of carbonyl (C=O) groups excluding carboxylic acids is 1. The van der Waals surface area contributed by atoms with E-state index >= 15 is 0 Å². The standard InChI is InChI=1S/C18H24N4O2S/c1-18(2,21-8-10-24-11-9-21)13-20-16(23)15-12-19-17(25)22(15)14-6-4-3-5-7-14/h3-7,12H,8-11,13H2,1-2H3,(H,19,25)(H,20,23). The Morgan fingerprint density at radius 3 is 2.64 bits per heavy atom. The number of hydrogen-bond donors (Lipinski definition) is 2. The van der Waals surface area contributed by atoms with Gasteiger partial charge in [0.15, 0.2) is 4.77 Å². The lowest BCUT2D eigenvalue weighted by atomic mass is 10.0.